The number of rotatable bonds is 6. The highest BCUT2D eigenvalue weighted by Gasteiger charge is 2.14. The number of unbranched alkanes of at least 4 members (excludes halogenated alkanes) is 1. The predicted octanol–water partition coefficient (Wildman–Crippen LogP) is 3.91. The Bertz CT molecular complexity index is 365. The average Bonchev–Trinajstić information content (AvgIpc) is 2.33. The summed E-state index contributed by atoms with van der Waals surface area (Å²) in [7, 11) is 0. The third-order valence-electron chi connectivity index (χ3n) is 2.80. The highest BCUT2D eigenvalue weighted by molar-refractivity contribution is 9.09. The summed E-state index contributed by atoms with van der Waals surface area (Å²) in [6.45, 7) is 4.80. The van der Waals surface area contributed by atoms with Gasteiger partial charge in [-0.25, -0.2) is 0 Å². The smallest absolute Gasteiger partial charge is 0.226 e. The number of amides is 1. The number of para-hydroxylation sites is 1. The molecule has 0 fully saturated rings. The van der Waals surface area contributed by atoms with Gasteiger partial charge in [-0.15, -0.1) is 0 Å². The number of halogens is 1. The second-order valence-corrected chi connectivity index (χ2v) is 4.86. The molecule has 0 unspecified atom stereocenters. The number of benzene rings is 1. The van der Waals surface area contributed by atoms with Crippen molar-refractivity contribution in [3.63, 3.8) is 0 Å². The highest BCUT2D eigenvalue weighted by atomic mass is 79.9. The molecule has 0 atom stereocenters. The number of carbonyl (C=O) groups is 1. The van der Waals surface area contributed by atoms with Crippen molar-refractivity contribution >= 4 is 27.5 Å². The molecule has 1 aromatic carbocycles. The molecular formula is C14H20BrNO. The van der Waals surface area contributed by atoms with Crippen molar-refractivity contribution in [1.82, 2.24) is 0 Å². The lowest BCUT2D eigenvalue weighted by Gasteiger charge is -2.22. The molecule has 0 aliphatic rings. The summed E-state index contributed by atoms with van der Waals surface area (Å²) in [5.41, 5.74) is 2.20. The average molecular weight is 298 g/mol. The summed E-state index contributed by atoms with van der Waals surface area (Å²) in [5.74, 6) is 0.225. The molecular weight excluding hydrogens is 278 g/mol. The van der Waals surface area contributed by atoms with Gasteiger partial charge in [-0.1, -0.05) is 34.1 Å². The molecule has 2 nitrogen and oxygen atoms in total. The summed E-state index contributed by atoms with van der Waals surface area (Å²) in [6, 6.07) is 8.05. The zero-order chi connectivity index (χ0) is 12.7. The third kappa shape index (κ3) is 4.15. The number of carbonyl (C=O) groups excluding carboxylic acids is 1. The summed E-state index contributed by atoms with van der Waals surface area (Å²) >= 11 is 3.39. The Labute approximate surface area is 112 Å². The van der Waals surface area contributed by atoms with E-state index >= 15 is 0 Å². The molecule has 94 valence electrons. The van der Waals surface area contributed by atoms with Crippen LogP contribution in [0.2, 0.25) is 0 Å². The molecule has 0 bridgehead atoms. The van der Waals surface area contributed by atoms with Crippen LogP contribution in [-0.4, -0.2) is 17.8 Å². The zero-order valence-electron chi connectivity index (χ0n) is 10.6. The number of aryl methyl sites for hydroxylation is 1. The second kappa shape index (κ2) is 7.49. The van der Waals surface area contributed by atoms with E-state index in [1.165, 1.54) is 0 Å². The van der Waals surface area contributed by atoms with Gasteiger partial charge in [0.1, 0.15) is 0 Å². The molecule has 0 aliphatic carbocycles. The van der Waals surface area contributed by atoms with E-state index in [1.54, 1.807) is 0 Å². The number of hydrogen-bond donors (Lipinski definition) is 0. The van der Waals surface area contributed by atoms with Crippen LogP contribution in [-0.2, 0) is 4.79 Å². The maximum atomic E-state index is 12.1. The molecule has 0 radical (unpaired) electrons. The largest absolute Gasteiger partial charge is 0.312 e. The van der Waals surface area contributed by atoms with E-state index in [1.807, 2.05) is 43.0 Å². The van der Waals surface area contributed by atoms with E-state index in [-0.39, 0.29) is 5.91 Å². The van der Waals surface area contributed by atoms with Crippen LogP contribution in [0.25, 0.3) is 0 Å². The van der Waals surface area contributed by atoms with E-state index in [0.717, 1.165) is 36.0 Å². The SMILES string of the molecule is CCN(C(=O)CCCCBr)c1ccccc1C. The summed E-state index contributed by atoms with van der Waals surface area (Å²) < 4.78 is 0. The Kier molecular flexibility index (Phi) is 6.27. The Balaban J connectivity index is 2.71. The maximum Gasteiger partial charge on any atom is 0.226 e. The van der Waals surface area contributed by atoms with Crippen molar-refractivity contribution in [2.75, 3.05) is 16.8 Å². The van der Waals surface area contributed by atoms with Gasteiger partial charge in [-0.3, -0.25) is 4.79 Å². The number of nitrogens with zero attached hydrogens (tertiary/aromatic N) is 1. The molecule has 0 saturated heterocycles. The van der Waals surface area contributed by atoms with Gasteiger partial charge >= 0.3 is 0 Å². The molecule has 0 saturated carbocycles. The van der Waals surface area contributed by atoms with Crippen molar-refractivity contribution in [3.05, 3.63) is 29.8 Å². The number of hydrogen-bond acceptors (Lipinski definition) is 1. The molecule has 0 heterocycles. The number of anilines is 1. The minimum atomic E-state index is 0.225. The fourth-order valence-electron chi connectivity index (χ4n) is 1.85. The lowest BCUT2D eigenvalue weighted by molar-refractivity contribution is -0.118. The van der Waals surface area contributed by atoms with Crippen molar-refractivity contribution in [2.24, 2.45) is 0 Å². The van der Waals surface area contributed by atoms with Crippen molar-refractivity contribution in [2.45, 2.75) is 33.1 Å². The van der Waals surface area contributed by atoms with Crippen LogP contribution in [0.15, 0.2) is 24.3 Å². The fourth-order valence-corrected chi connectivity index (χ4v) is 2.25. The van der Waals surface area contributed by atoms with Crippen LogP contribution in [0.5, 0.6) is 0 Å². The van der Waals surface area contributed by atoms with Gasteiger partial charge in [-0.05, 0) is 38.3 Å². The quantitative estimate of drug-likeness (QED) is 0.576. The van der Waals surface area contributed by atoms with Crippen LogP contribution in [0.4, 0.5) is 5.69 Å². The zero-order valence-corrected chi connectivity index (χ0v) is 12.2. The van der Waals surface area contributed by atoms with Gasteiger partial charge < -0.3 is 4.90 Å². The highest BCUT2D eigenvalue weighted by Crippen LogP contribution is 2.20. The minimum absolute atomic E-state index is 0.225. The monoisotopic (exact) mass is 297 g/mol. The maximum absolute atomic E-state index is 12.1. The Morgan fingerprint density at radius 3 is 2.59 bits per heavy atom. The molecule has 0 N–H and O–H groups in total. The van der Waals surface area contributed by atoms with Gasteiger partial charge in [0.25, 0.3) is 0 Å². The summed E-state index contributed by atoms with van der Waals surface area (Å²) in [5, 5.41) is 0.969. The Morgan fingerprint density at radius 2 is 2.00 bits per heavy atom. The van der Waals surface area contributed by atoms with E-state index in [2.05, 4.69) is 15.9 Å². The Hall–Kier alpha value is -0.830. The molecule has 1 aromatic rings. The van der Waals surface area contributed by atoms with E-state index in [0.29, 0.717) is 6.42 Å². The van der Waals surface area contributed by atoms with Crippen LogP contribution in [0.1, 0.15) is 31.7 Å². The second-order valence-electron chi connectivity index (χ2n) is 4.07. The minimum Gasteiger partial charge on any atom is -0.312 e. The van der Waals surface area contributed by atoms with E-state index in [4.69, 9.17) is 0 Å². The molecule has 0 spiro atoms. The summed E-state index contributed by atoms with van der Waals surface area (Å²) in [6.07, 6.45) is 2.64. The van der Waals surface area contributed by atoms with E-state index < -0.39 is 0 Å². The first-order valence-electron chi connectivity index (χ1n) is 6.12. The first kappa shape index (κ1) is 14.2. The lowest BCUT2D eigenvalue weighted by atomic mass is 10.1. The molecule has 1 rings (SSSR count). The van der Waals surface area contributed by atoms with Gasteiger partial charge in [0, 0.05) is 24.0 Å². The topological polar surface area (TPSA) is 20.3 Å². The first-order valence-corrected chi connectivity index (χ1v) is 7.24. The van der Waals surface area contributed by atoms with Gasteiger partial charge in [0.05, 0.1) is 0 Å². The third-order valence-corrected chi connectivity index (χ3v) is 3.36. The van der Waals surface area contributed by atoms with Crippen molar-refractivity contribution < 1.29 is 4.79 Å². The molecule has 0 aromatic heterocycles. The first-order chi connectivity index (χ1) is 8.20. The molecule has 3 heteroatoms. The van der Waals surface area contributed by atoms with Crippen molar-refractivity contribution in [3.8, 4) is 0 Å². The number of alkyl halides is 1. The van der Waals surface area contributed by atoms with Crippen LogP contribution in [0.3, 0.4) is 0 Å². The van der Waals surface area contributed by atoms with Crippen LogP contribution in [0, 0.1) is 6.92 Å². The standard InChI is InChI=1S/C14H20BrNO/c1-3-16(14(17)10-6-7-11-15)13-9-5-4-8-12(13)2/h4-5,8-9H,3,6-7,10-11H2,1-2H3. The van der Waals surface area contributed by atoms with Crippen molar-refractivity contribution in [1.29, 1.82) is 0 Å². The Morgan fingerprint density at radius 1 is 1.29 bits per heavy atom. The fraction of sp³-hybridized carbons (Fsp3) is 0.500. The van der Waals surface area contributed by atoms with E-state index in [9.17, 15) is 4.79 Å². The predicted molar refractivity (Wildman–Crippen MR) is 76.9 cm³/mol. The molecule has 1 amide bonds. The molecule has 17 heavy (non-hydrogen) atoms. The summed E-state index contributed by atoms with van der Waals surface area (Å²) in [4.78, 5) is 14.0. The normalized spacial score (nSPS) is 10.3. The van der Waals surface area contributed by atoms with Gasteiger partial charge in [0.2, 0.25) is 5.91 Å². The van der Waals surface area contributed by atoms with Crippen LogP contribution < -0.4 is 4.90 Å². The lowest BCUT2D eigenvalue weighted by Crippen LogP contribution is -2.30. The van der Waals surface area contributed by atoms with Gasteiger partial charge in [-0.2, -0.15) is 0 Å². The van der Waals surface area contributed by atoms with Crippen LogP contribution >= 0.6 is 15.9 Å². The molecule has 0 aliphatic heterocycles. The van der Waals surface area contributed by atoms with Gasteiger partial charge in [0.15, 0.2) is 0 Å².